The van der Waals surface area contributed by atoms with Crippen molar-refractivity contribution >= 4 is 0 Å². The van der Waals surface area contributed by atoms with Crippen LogP contribution in [0.2, 0.25) is 0 Å². The minimum Gasteiger partial charge on any atom is -0.389 e. The maximum absolute atomic E-state index is 10.2. The highest BCUT2D eigenvalue weighted by Crippen LogP contribution is 2.16. The first-order chi connectivity index (χ1) is 10.8. The number of hydrogen-bond acceptors (Lipinski definition) is 4. The molecule has 0 radical (unpaired) electrons. The number of rotatable bonds is 6. The molecule has 1 N–H and O–H groups in total. The first kappa shape index (κ1) is 15.9. The van der Waals surface area contributed by atoms with Crippen LogP contribution < -0.4 is 0 Å². The fraction of sp³-hybridized carbons (Fsp3) is 0.667. The van der Waals surface area contributed by atoms with Crippen molar-refractivity contribution < 1.29 is 14.6 Å². The molecule has 0 amide bonds. The summed E-state index contributed by atoms with van der Waals surface area (Å²) >= 11 is 0. The van der Waals surface area contributed by atoms with Gasteiger partial charge in [0, 0.05) is 26.2 Å². The Morgan fingerprint density at radius 1 is 1.23 bits per heavy atom. The molecule has 2 aliphatic heterocycles. The number of nitrogens with zero attached hydrogens (tertiary/aromatic N) is 1. The second kappa shape index (κ2) is 8.06. The van der Waals surface area contributed by atoms with Crippen molar-refractivity contribution in [1.29, 1.82) is 0 Å². The van der Waals surface area contributed by atoms with Gasteiger partial charge in [-0.25, -0.2) is 0 Å². The number of ether oxygens (including phenoxy) is 2. The van der Waals surface area contributed by atoms with E-state index in [1.807, 2.05) is 0 Å². The molecule has 0 saturated carbocycles. The highest BCUT2D eigenvalue weighted by molar-refractivity contribution is 5.28. The van der Waals surface area contributed by atoms with Crippen molar-refractivity contribution in [3.63, 3.8) is 0 Å². The molecule has 0 spiro atoms. The smallest absolute Gasteiger partial charge is 0.0900 e. The zero-order chi connectivity index (χ0) is 15.2. The van der Waals surface area contributed by atoms with Crippen LogP contribution in [0, 0.1) is 0 Å². The lowest BCUT2D eigenvalue weighted by atomic mass is 10.0. The van der Waals surface area contributed by atoms with Gasteiger partial charge in [-0.15, -0.1) is 0 Å². The average Bonchev–Trinajstić information content (AvgIpc) is 2.96. The molecular formula is C18H27NO3. The Labute approximate surface area is 133 Å². The first-order valence-electron chi connectivity index (χ1n) is 8.48. The number of fused-ring (bicyclic) bond motifs is 1. The second-order valence-electron chi connectivity index (χ2n) is 6.40. The summed E-state index contributed by atoms with van der Waals surface area (Å²) in [6, 6.07) is 8.67. The van der Waals surface area contributed by atoms with E-state index in [0.717, 1.165) is 45.4 Å². The van der Waals surface area contributed by atoms with E-state index in [4.69, 9.17) is 9.47 Å². The van der Waals surface area contributed by atoms with Gasteiger partial charge in [-0.1, -0.05) is 24.3 Å². The van der Waals surface area contributed by atoms with Gasteiger partial charge >= 0.3 is 0 Å². The average molecular weight is 305 g/mol. The zero-order valence-electron chi connectivity index (χ0n) is 13.2. The van der Waals surface area contributed by atoms with E-state index < -0.39 is 6.10 Å². The molecule has 22 heavy (non-hydrogen) atoms. The van der Waals surface area contributed by atoms with E-state index in [-0.39, 0.29) is 6.10 Å². The Hall–Kier alpha value is -0.940. The maximum Gasteiger partial charge on any atom is 0.0900 e. The van der Waals surface area contributed by atoms with E-state index in [0.29, 0.717) is 19.8 Å². The molecule has 1 saturated heterocycles. The van der Waals surface area contributed by atoms with Crippen molar-refractivity contribution in [3.05, 3.63) is 35.4 Å². The number of benzene rings is 1. The third-order valence-electron chi connectivity index (χ3n) is 4.62. The topological polar surface area (TPSA) is 41.9 Å². The predicted molar refractivity (Wildman–Crippen MR) is 86.1 cm³/mol. The standard InChI is InChI=1S/C18H27NO3/c20-17(13-21-14-18-6-3-11-22-18)12-19-9-7-15-4-1-2-5-16(15)8-10-19/h1-2,4-5,17-18,20H,3,6-14H2. The van der Waals surface area contributed by atoms with Crippen LogP contribution in [0.4, 0.5) is 0 Å². The SMILES string of the molecule is OC(COCC1CCCO1)CN1CCc2ccccc2CC1. The van der Waals surface area contributed by atoms with Crippen LogP contribution in [0.3, 0.4) is 0 Å². The Morgan fingerprint density at radius 3 is 2.59 bits per heavy atom. The van der Waals surface area contributed by atoms with Gasteiger partial charge in [0.25, 0.3) is 0 Å². The fourth-order valence-electron chi connectivity index (χ4n) is 3.36. The Morgan fingerprint density at radius 2 is 1.95 bits per heavy atom. The maximum atomic E-state index is 10.2. The van der Waals surface area contributed by atoms with Crippen molar-refractivity contribution in [2.45, 2.75) is 37.9 Å². The normalized spacial score (nSPS) is 24.0. The first-order valence-corrected chi connectivity index (χ1v) is 8.48. The van der Waals surface area contributed by atoms with E-state index in [2.05, 4.69) is 29.2 Å². The summed E-state index contributed by atoms with van der Waals surface area (Å²) in [5.74, 6) is 0. The summed E-state index contributed by atoms with van der Waals surface area (Å²) in [4.78, 5) is 2.35. The highest BCUT2D eigenvalue weighted by Gasteiger charge is 2.18. The lowest BCUT2D eigenvalue weighted by molar-refractivity contribution is -0.0248. The van der Waals surface area contributed by atoms with Crippen LogP contribution in [0.15, 0.2) is 24.3 Å². The molecule has 0 aliphatic carbocycles. The molecule has 3 rings (SSSR count). The summed E-state index contributed by atoms with van der Waals surface area (Å²) in [5, 5.41) is 10.2. The van der Waals surface area contributed by atoms with Crippen LogP contribution >= 0.6 is 0 Å². The quantitative estimate of drug-likeness (QED) is 0.868. The van der Waals surface area contributed by atoms with Crippen LogP contribution in [0.1, 0.15) is 24.0 Å². The van der Waals surface area contributed by atoms with E-state index in [1.165, 1.54) is 11.1 Å². The summed E-state index contributed by atoms with van der Waals surface area (Å²) in [5.41, 5.74) is 2.91. The van der Waals surface area contributed by atoms with Crippen molar-refractivity contribution in [2.24, 2.45) is 0 Å². The molecular weight excluding hydrogens is 278 g/mol. The van der Waals surface area contributed by atoms with Gasteiger partial charge in [0.1, 0.15) is 0 Å². The molecule has 4 nitrogen and oxygen atoms in total. The number of aliphatic hydroxyl groups excluding tert-OH is 1. The lowest BCUT2D eigenvalue weighted by Gasteiger charge is -2.23. The Kier molecular flexibility index (Phi) is 5.84. The second-order valence-corrected chi connectivity index (χ2v) is 6.40. The molecule has 4 heteroatoms. The Bertz CT molecular complexity index is 432. The fourth-order valence-corrected chi connectivity index (χ4v) is 3.36. The van der Waals surface area contributed by atoms with Gasteiger partial charge in [0.2, 0.25) is 0 Å². The van der Waals surface area contributed by atoms with Crippen LogP contribution in [0.25, 0.3) is 0 Å². The minimum atomic E-state index is -0.414. The summed E-state index contributed by atoms with van der Waals surface area (Å²) in [6.07, 6.45) is 4.17. The van der Waals surface area contributed by atoms with E-state index in [9.17, 15) is 5.11 Å². The zero-order valence-corrected chi connectivity index (χ0v) is 13.2. The molecule has 2 atom stereocenters. The summed E-state index contributed by atoms with van der Waals surface area (Å²) in [6.45, 7) is 4.59. The van der Waals surface area contributed by atoms with Crippen LogP contribution in [0.5, 0.6) is 0 Å². The highest BCUT2D eigenvalue weighted by atomic mass is 16.5. The lowest BCUT2D eigenvalue weighted by Crippen LogP contribution is -2.37. The molecule has 2 unspecified atom stereocenters. The molecule has 2 aliphatic rings. The van der Waals surface area contributed by atoms with E-state index in [1.54, 1.807) is 0 Å². The van der Waals surface area contributed by atoms with Crippen molar-refractivity contribution in [3.8, 4) is 0 Å². The van der Waals surface area contributed by atoms with Crippen molar-refractivity contribution in [2.75, 3.05) is 39.5 Å². The molecule has 122 valence electrons. The molecule has 2 heterocycles. The van der Waals surface area contributed by atoms with Gasteiger partial charge < -0.3 is 19.5 Å². The molecule has 1 fully saturated rings. The minimum absolute atomic E-state index is 0.236. The van der Waals surface area contributed by atoms with Crippen LogP contribution in [-0.4, -0.2) is 61.7 Å². The predicted octanol–water partition coefficient (Wildman–Crippen LogP) is 1.64. The van der Waals surface area contributed by atoms with Gasteiger partial charge in [-0.2, -0.15) is 0 Å². The third kappa shape index (κ3) is 4.53. The van der Waals surface area contributed by atoms with Gasteiger partial charge in [0.15, 0.2) is 0 Å². The number of β-amino-alcohol motifs (C(OH)–C–C–N with tert-alkyl or cyclic N) is 1. The third-order valence-corrected chi connectivity index (χ3v) is 4.62. The van der Waals surface area contributed by atoms with Crippen LogP contribution in [-0.2, 0) is 22.3 Å². The molecule has 0 aromatic heterocycles. The largest absolute Gasteiger partial charge is 0.389 e. The molecule has 0 bridgehead atoms. The Balaban J connectivity index is 1.37. The molecule has 1 aromatic rings. The monoisotopic (exact) mass is 305 g/mol. The van der Waals surface area contributed by atoms with Gasteiger partial charge in [-0.05, 0) is 36.8 Å². The summed E-state index contributed by atoms with van der Waals surface area (Å²) in [7, 11) is 0. The van der Waals surface area contributed by atoms with Crippen molar-refractivity contribution in [1.82, 2.24) is 4.90 Å². The number of hydrogen-bond donors (Lipinski definition) is 1. The van der Waals surface area contributed by atoms with Gasteiger partial charge in [0.05, 0.1) is 25.4 Å². The molecule has 1 aromatic carbocycles. The summed E-state index contributed by atoms with van der Waals surface area (Å²) < 4.78 is 11.1. The van der Waals surface area contributed by atoms with Gasteiger partial charge in [-0.3, -0.25) is 0 Å². The van der Waals surface area contributed by atoms with E-state index >= 15 is 0 Å². The number of aliphatic hydroxyl groups is 1.